The summed E-state index contributed by atoms with van der Waals surface area (Å²) >= 11 is 0. The summed E-state index contributed by atoms with van der Waals surface area (Å²) in [4.78, 5) is 45.5. The fraction of sp³-hybridized carbons (Fsp3) is 0.267. The molecule has 4 aromatic rings. The number of halogens is 2. The lowest BCUT2D eigenvalue weighted by Crippen LogP contribution is -2.35. The molecule has 8 nitrogen and oxygen atoms in total. The van der Waals surface area contributed by atoms with Crippen molar-refractivity contribution in [2.75, 3.05) is 6.54 Å². The van der Waals surface area contributed by atoms with Crippen molar-refractivity contribution in [3.8, 4) is 11.4 Å². The first kappa shape index (κ1) is 25.7. The number of benzene rings is 2. The van der Waals surface area contributed by atoms with Gasteiger partial charge in [0.1, 0.15) is 11.6 Å². The molecule has 6 rings (SSSR count). The number of likely N-dealkylation sites (tertiary alicyclic amines) is 1. The number of fused-ring (bicyclic) bond motifs is 1. The lowest BCUT2D eigenvalue weighted by molar-refractivity contribution is -0.128. The van der Waals surface area contributed by atoms with Crippen LogP contribution in [0.15, 0.2) is 71.8 Å². The van der Waals surface area contributed by atoms with E-state index in [1.54, 1.807) is 29.2 Å². The van der Waals surface area contributed by atoms with Gasteiger partial charge >= 0.3 is 6.09 Å². The molecule has 1 aliphatic carbocycles. The van der Waals surface area contributed by atoms with Crippen LogP contribution in [0.4, 0.5) is 13.6 Å². The van der Waals surface area contributed by atoms with Crippen LogP contribution in [0.5, 0.6) is 5.75 Å². The number of hydrogen-bond acceptors (Lipinski definition) is 5. The number of carbonyl (C=O) groups is 2. The lowest BCUT2D eigenvalue weighted by atomic mass is 10.0. The van der Waals surface area contributed by atoms with Gasteiger partial charge in [-0.15, -0.1) is 0 Å². The van der Waals surface area contributed by atoms with E-state index in [9.17, 15) is 18.8 Å². The van der Waals surface area contributed by atoms with Crippen LogP contribution in [-0.4, -0.2) is 33.0 Å². The number of aromatic nitrogens is 2. The number of hydrogen-bond donors (Lipinski definition) is 1. The Hall–Kier alpha value is -4.60. The standard InChI is InChI=1S/C30H26F2N4O4/c31-20-6-1-5-19(15-20)27(18-11-12-18)34-30(39)40-28-22-8-2-9-23(32)26(22)29(38)36(21-7-3-13-33-16-21)24(28)17-35-14-4-10-25(35)37/h1-3,5-9,13,15-16,18,27H,4,10-12,14,17H2,(H,34,39)/t27-/m0/s1. The largest absolute Gasteiger partial charge is 0.413 e. The van der Waals surface area contributed by atoms with Gasteiger partial charge in [-0.1, -0.05) is 24.3 Å². The van der Waals surface area contributed by atoms with E-state index in [0.29, 0.717) is 30.6 Å². The summed E-state index contributed by atoms with van der Waals surface area (Å²) in [7, 11) is 0. The number of nitrogens with zero attached hydrogens (tertiary/aromatic N) is 3. The zero-order chi connectivity index (χ0) is 27.8. The highest BCUT2D eigenvalue weighted by Crippen LogP contribution is 2.41. The van der Waals surface area contributed by atoms with Gasteiger partial charge in [-0.2, -0.15) is 0 Å². The predicted molar refractivity (Wildman–Crippen MR) is 143 cm³/mol. The third kappa shape index (κ3) is 4.92. The highest BCUT2D eigenvalue weighted by atomic mass is 19.1. The van der Waals surface area contributed by atoms with E-state index in [2.05, 4.69) is 10.3 Å². The molecule has 40 heavy (non-hydrogen) atoms. The molecule has 0 bridgehead atoms. The molecule has 2 aromatic carbocycles. The van der Waals surface area contributed by atoms with E-state index < -0.39 is 29.3 Å². The summed E-state index contributed by atoms with van der Waals surface area (Å²) in [5.41, 5.74) is 0.500. The van der Waals surface area contributed by atoms with Crippen molar-refractivity contribution in [2.24, 2.45) is 5.92 Å². The third-order valence-electron chi connectivity index (χ3n) is 7.39. The van der Waals surface area contributed by atoms with Gasteiger partial charge in [-0.25, -0.2) is 13.6 Å². The van der Waals surface area contributed by atoms with Crippen molar-refractivity contribution in [1.82, 2.24) is 19.8 Å². The first-order chi connectivity index (χ1) is 19.4. The first-order valence-corrected chi connectivity index (χ1v) is 13.2. The maximum absolute atomic E-state index is 15.2. The highest BCUT2D eigenvalue weighted by Gasteiger charge is 2.35. The molecule has 0 spiro atoms. The molecule has 2 aromatic heterocycles. The smallest absolute Gasteiger partial charge is 0.408 e. The molecule has 2 aliphatic rings. The van der Waals surface area contributed by atoms with E-state index in [-0.39, 0.29) is 40.6 Å². The molecule has 1 saturated heterocycles. The summed E-state index contributed by atoms with van der Waals surface area (Å²) in [6.07, 6.45) is 4.90. The summed E-state index contributed by atoms with van der Waals surface area (Å²) in [5.74, 6) is -1.20. The number of rotatable bonds is 7. The molecule has 1 atom stereocenters. The fourth-order valence-electron chi connectivity index (χ4n) is 5.34. The van der Waals surface area contributed by atoms with E-state index in [4.69, 9.17) is 4.74 Å². The third-order valence-corrected chi connectivity index (χ3v) is 7.39. The highest BCUT2D eigenvalue weighted by molar-refractivity contribution is 5.91. The van der Waals surface area contributed by atoms with Crippen molar-refractivity contribution in [1.29, 1.82) is 0 Å². The quantitative estimate of drug-likeness (QED) is 0.353. The zero-order valence-corrected chi connectivity index (χ0v) is 21.5. The Morgan fingerprint density at radius 2 is 1.93 bits per heavy atom. The van der Waals surface area contributed by atoms with Crippen LogP contribution in [0.1, 0.15) is 43.0 Å². The second-order valence-electron chi connectivity index (χ2n) is 10.1. The Morgan fingerprint density at radius 1 is 1.10 bits per heavy atom. The van der Waals surface area contributed by atoms with Crippen molar-refractivity contribution in [3.05, 3.63) is 100 Å². The van der Waals surface area contributed by atoms with Crippen LogP contribution in [0.3, 0.4) is 0 Å². The zero-order valence-electron chi connectivity index (χ0n) is 21.5. The van der Waals surface area contributed by atoms with Gasteiger partial charge in [-0.05, 0) is 61.1 Å². The van der Waals surface area contributed by atoms with Crippen LogP contribution < -0.4 is 15.6 Å². The summed E-state index contributed by atoms with van der Waals surface area (Å²) < 4.78 is 36.3. The molecule has 0 radical (unpaired) electrons. The summed E-state index contributed by atoms with van der Waals surface area (Å²) in [5, 5.41) is 2.70. The number of amides is 2. The van der Waals surface area contributed by atoms with Gasteiger partial charge in [0.25, 0.3) is 5.56 Å². The maximum atomic E-state index is 15.2. The normalized spacial score (nSPS) is 15.8. The Balaban J connectivity index is 1.48. The molecular formula is C30H26F2N4O4. The van der Waals surface area contributed by atoms with Gasteiger partial charge in [-0.3, -0.25) is 19.1 Å². The van der Waals surface area contributed by atoms with Gasteiger partial charge in [0.2, 0.25) is 5.91 Å². The molecule has 2 amide bonds. The topological polar surface area (TPSA) is 93.5 Å². The second kappa shape index (κ2) is 10.5. The number of pyridine rings is 2. The molecule has 1 aliphatic heterocycles. The average Bonchev–Trinajstić information content (AvgIpc) is 3.71. The minimum atomic E-state index is -0.836. The van der Waals surface area contributed by atoms with Crippen LogP contribution in [0, 0.1) is 17.6 Å². The van der Waals surface area contributed by atoms with Gasteiger partial charge < -0.3 is 15.0 Å². The van der Waals surface area contributed by atoms with Crippen molar-refractivity contribution in [3.63, 3.8) is 0 Å². The van der Waals surface area contributed by atoms with Crippen LogP contribution in [0.25, 0.3) is 16.5 Å². The molecule has 2 fully saturated rings. The second-order valence-corrected chi connectivity index (χ2v) is 10.1. The van der Waals surface area contributed by atoms with Crippen LogP contribution >= 0.6 is 0 Å². The van der Waals surface area contributed by atoms with E-state index in [0.717, 1.165) is 18.9 Å². The summed E-state index contributed by atoms with van der Waals surface area (Å²) in [6.45, 7) is 0.435. The minimum Gasteiger partial charge on any atom is -0.408 e. The van der Waals surface area contributed by atoms with Crippen LogP contribution in [0.2, 0.25) is 0 Å². The predicted octanol–water partition coefficient (Wildman–Crippen LogP) is 5.03. The SMILES string of the molecule is O=C(N[C@H](c1cccc(F)c1)C1CC1)Oc1c(CN2CCCC2=O)n(-c2cccnc2)c(=O)c2c(F)cccc12. The fourth-order valence-corrected chi connectivity index (χ4v) is 5.34. The summed E-state index contributed by atoms with van der Waals surface area (Å²) in [6, 6.07) is 12.9. The molecule has 1 N–H and O–H groups in total. The van der Waals surface area contributed by atoms with E-state index in [1.807, 2.05) is 0 Å². The molecule has 10 heteroatoms. The molecule has 0 unspecified atom stereocenters. The van der Waals surface area contributed by atoms with Crippen LogP contribution in [-0.2, 0) is 11.3 Å². The lowest BCUT2D eigenvalue weighted by Gasteiger charge is -2.24. The van der Waals surface area contributed by atoms with Gasteiger partial charge in [0.05, 0.1) is 35.6 Å². The first-order valence-electron chi connectivity index (χ1n) is 13.2. The molecular weight excluding hydrogens is 518 g/mol. The number of ether oxygens (including phenoxy) is 1. The van der Waals surface area contributed by atoms with Gasteiger partial charge in [0, 0.05) is 24.5 Å². The Bertz CT molecular complexity index is 1670. The van der Waals surface area contributed by atoms with Crippen molar-refractivity contribution >= 4 is 22.8 Å². The number of nitrogens with one attached hydrogen (secondary N) is 1. The minimum absolute atomic E-state index is 0.0337. The monoisotopic (exact) mass is 544 g/mol. The Morgan fingerprint density at radius 3 is 2.62 bits per heavy atom. The maximum Gasteiger partial charge on any atom is 0.413 e. The van der Waals surface area contributed by atoms with E-state index >= 15 is 4.39 Å². The Labute approximate surface area is 228 Å². The molecule has 204 valence electrons. The number of carbonyl (C=O) groups excluding carboxylic acids is 2. The van der Waals surface area contributed by atoms with Gasteiger partial charge in [0.15, 0.2) is 5.75 Å². The Kier molecular flexibility index (Phi) is 6.75. The van der Waals surface area contributed by atoms with E-state index in [1.165, 1.54) is 41.2 Å². The van der Waals surface area contributed by atoms with Crippen molar-refractivity contribution < 1.29 is 23.1 Å². The molecule has 3 heterocycles. The average molecular weight is 545 g/mol. The van der Waals surface area contributed by atoms with Crippen molar-refractivity contribution in [2.45, 2.75) is 38.3 Å². The molecule has 1 saturated carbocycles.